The zero-order chi connectivity index (χ0) is 18.6. The van der Waals surface area contributed by atoms with Gasteiger partial charge in [0.1, 0.15) is 5.75 Å². The van der Waals surface area contributed by atoms with Gasteiger partial charge in [0.15, 0.2) is 0 Å². The summed E-state index contributed by atoms with van der Waals surface area (Å²) in [6, 6.07) is 11.8. The fraction of sp³-hybridized carbons (Fsp3) is 0.133. The molecule has 2 aromatic rings. The number of non-ortho nitro benzene ring substituents is 1. The average molecular weight is 469 g/mol. The topological polar surface area (TPSA) is 81.5 Å². The maximum absolute atomic E-state index is 12.3. The van der Waals surface area contributed by atoms with E-state index in [9.17, 15) is 14.9 Å². The quantitative estimate of drug-likeness (QED) is 0.294. The molecule has 0 fully saturated rings. The van der Waals surface area contributed by atoms with E-state index in [0.717, 1.165) is 10.5 Å². The Kier molecular flexibility index (Phi) is 6.51. The molecule has 1 atom stereocenters. The first-order valence-electron chi connectivity index (χ1n) is 6.71. The van der Waals surface area contributed by atoms with Crippen LogP contribution in [-0.2, 0) is 0 Å². The minimum absolute atomic E-state index is 0.0351. The molecule has 0 aliphatic heterocycles. The lowest BCUT2D eigenvalue weighted by Crippen LogP contribution is -2.47. The van der Waals surface area contributed by atoms with Crippen LogP contribution in [0, 0.1) is 10.1 Å². The minimum atomic E-state index is -1.97. The lowest BCUT2D eigenvalue weighted by molar-refractivity contribution is -0.384. The van der Waals surface area contributed by atoms with E-state index >= 15 is 0 Å². The molecule has 10 heteroatoms. The molecule has 0 saturated heterocycles. The van der Waals surface area contributed by atoms with Gasteiger partial charge in [0.2, 0.25) is 10.0 Å². The largest absolute Gasteiger partial charge is 0.466 e. The van der Waals surface area contributed by atoms with Gasteiger partial charge in [-0.15, -0.1) is 0 Å². The van der Waals surface area contributed by atoms with Gasteiger partial charge in [0.05, 0.1) is 4.92 Å². The summed E-state index contributed by atoms with van der Waals surface area (Å²) in [6.45, 7) is 0. The van der Waals surface area contributed by atoms with Crippen LogP contribution in [0.5, 0.6) is 5.75 Å². The van der Waals surface area contributed by atoms with Crippen molar-refractivity contribution in [2.75, 3.05) is 0 Å². The molecule has 6 nitrogen and oxygen atoms in total. The van der Waals surface area contributed by atoms with Gasteiger partial charge in [0.25, 0.3) is 11.6 Å². The molecule has 0 saturated carbocycles. The number of hydrogen-bond acceptors (Lipinski definition) is 4. The van der Waals surface area contributed by atoms with Crippen LogP contribution >= 0.6 is 50.7 Å². The van der Waals surface area contributed by atoms with Crippen molar-refractivity contribution in [2.24, 2.45) is 0 Å². The van der Waals surface area contributed by atoms with Gasteiger partial charge in [-0.25, -0.2) is 0 Å². The molecule has 25 heavy (non-hydrogen) atoms. The fourth-order valence-electron chi connectivity index (χ4n) is 1.79. The fourth-order valence-corrected chi connectivity index (χ4v) is 2.35. The molecule has 0 aliphatic carbocycles. The van der Waals surface area contributed by atoms with Crippen LogP contribution in [0.15, 0.2) is 53.0 Å². The maximum atomic E-state index is 12.3. The first-order valence-corrected chi connectivity index (χ1v) is 8.64. The van der Waals surface area contributed by atoms with E-state index in [1.807, 2.05) is 0 Å². The van der Waals surface area contributed by atoms with Gasteiger partial charge in [-0.3, -0.25) is 14.9 Å². The minimum Gasteiger partial charge on any atom is -0.466 e. The lowest BCUT2D eigenvalue weighted by atomic mass is 10.2. The van der Waals surface area contributed by atoms with Crippen molar-refractivity contribution in [1.82, 2.24) is 5.32 Å². The molecule has 0 heterocycles. The molecule has 1 N–H and O–H groups in total. The summed E-state index contributed by atoms with van der Waals surface area (Å²) < 4.78 is 4.38. The van der Waals surface area contributed by atoms with E-state index in [1.54, 1.807) is 24.3 Å². The van der Waals surface area contributed by atoms with Crippen molar-refractivity contribution in [3.05, 3.63) is 68.7 Å². The summed E-state index contributed by atoms with van der Waals surface area (Å²) in [4.78, 5) is 22.5. The predicted molar refractivity (Wildman–Crippen MR) is 99.4 cm³/mol. The first-order chi connectivity index (χ1) is 11.7. The van der Waals surface area contributed by atoms with Gasteiger partial charge in [-0.05, 0) is 30.3 Å². The predicted octanol–water partition coefficient (Wildman–Crippen LogP) is 4.86. The monoisotopic (exact) mass is 466 g/mol. The van der Waals surface area contributed by atoms with Gasteiger partial charge in [0, 0.05) is 22.2 Å². The third kappa shape index (κ3) is 5.74. The van der Waals surface area contributed by atoms with E-state index in [1.165, 1.54) is 18.2 Å². The van der Waals surface area contributed by atoms with Crippen molar-refractivity contribution < 1.29 is 14.5 Å². The molecule has 0 bridgehead atoms. The van der Waals surface area contributed by atoms with E-state index in [2.05, 4.69) is 21.2 Å². The van der Waals surface area contributed by atoms with Crippen LogP contribution in [0.1, 0.15) is 10.4 Å². The highest BCUT2D eigenvalue weighted by molar-refractivity contribution is 9.10. The van der Waals surface area contributed by atoms with Crippen LogP contribution in [0.25, 0.3) is 0 Å². The number of hydrogen-bond donors (Lipinski definition) is 1. The summed E-state index contributed by atoms with van der Waals surface area (Å²) in [5.41, 5.74) is -0.195. The SMILES string of the molecule is O=C(NC(Oc1ccc(Br)cc1)C(Cl)(Cl)Cl)c1cccc([N+](=O)[O-])c1. The number of ether oxygens (including phenoxy) is 1. The van der Waals surface area contributed by atoms with Crippen molar-refractivity contribution in [3.63, 3.8) is 0 Å². The second-order valence-corrected chi connectivity index (χ2v) is 8.06. The summed E-state index contributed by atoms with van der Waals surface area (Å²) in [5.74, 6) is -0.323. The van der Waals surface area contributed by atoms with Crippen LogP contribution in [-0.4, -0.2) is 20.9 Å². The smallest absolute Gasteiger partial charge is 0.270 e. The second-order valence-electron chi connectivity index (χ2n) is 4.77. The first kappa shape index (κ1) is 19.8. The number of carbonyl (C=O) groups excluding carboxylic acids is 1. The van der Waals surface area contributed by atoms with Crippen molar-refractivity contribution in [2.45, 2.75) is 10.0 Å². The normalized spacial score (nSPS) is 12.3. The molecule has 0 aliphatic rings. The van der Waals surface area contributed by atoms with Crippen molar-refractivity contribution in [1.29, 1.82) is 0 Å². The highest BCUT2D eigenvalue weighted by Crippen LogP contribution is 2.32. The Morgan fingerprint density at radius 1 is 1.20 bits per heavy atom. The summed E-state index contributed by atoms with van der Waals surface area (Å²) in [6.07, 6.45) is -1.31. The van der Waals surface area contributed by atoms with E-state index in [-0.39, 0.29) is 11.3 Å². The van der Waals surface area contributed by atoms with Gasteiger partial charge in [-0.2, -0.15) is 0 Å². The number of amides is 1. The maximum Gasteiger partial charge on any atom is 0.270 e. The lowest BCUT2D eigenvalue weighted by Gasteiger charge is -2.26. The van der Waals surface area contributed by atoms with Crippen molar-refractivity contribution >= 4 is 62.3 Å². The number of rotatable bonds is 5. The number of nitro benzene ring substituents is 1. The summed E-state index contributed by atoms with van der Waals surface area (Å²) in [7, 11) is 0. The molecule has 2 aromatic carbocycles. The Morgan fingerprint density at radius 2 is 1.84 bits per heavy atom. The number of nitrogens with zero attached hydrogens (tertiary/aromatic N) is 1. The number of nitro groups is 1. The van der Waals surface area contributed by atoms with E-state index in [0.29, 0.717) is 5.75 Å². The number of nitrogens with one attached hydrogen (secondary N) is 1. The zero-order valence-electron chi connectivity index (χ0n) is 12.3. The highest BCUT2D eigenvalue weighted by Gasteiger charge is 2.36. The standard InChI is InChI=1S/C15H10BrCl3N2O4/c16-10-4-6-12(7-5-10)25-14(15(17,18)19)20-13(22)9-2-1-3-11(8-9)21(23)24/h1-8,14H,(H,20,22). The Morgan fingerprint density at radius 3 is 2.40 bits per heavy atom. The Balaban J connectivity index is 2.19. The molecular formula is C15H10BrCl3N2O4. The number of halogens is 4. The van der Waals surface area contributed by atoms with Crippen LogP contribution in [0.3, 0.4) is 0 Å². The number of benzene rings is 2. The third-order valence-electron chi connectivity index (χ3n) is 2.95. The average Bonchev–Trinajstić information content (AvgIpc) is 2.55. The van der Waals surface area contributed by atoms with Crippen LogP contribution in [0.4, 0.5) is 5.69 Å². The second kappa shape index (κ2) is 8.23. The van der Waals surface area contributed by atoms with Gasteiger partial charge >= 0.3 is 0 Å². The number of alkyl halides is 3. The van der Waals surface area contributed by atoms with E-state index < -0.39 is 20.9 Å². The molecular weight excluding hydrogens is 458 g/mol. The Labute approximate surface area is 166 Å². The Bertz CT molecular complexity index is 781. The van der Waals surface area contributed by atoms with Gasteiger partial charge in [-0.1, -0.05) is 56.8 Å². The highest BCUT2D eigenvalue weighted by atomic mass is 79.9. The molecule has 1 unspecified atom stereocenters. The Hall–Kier alpha value is -1.54. The molecule has 0 spiro atoms. The van der Waals surface area contributed by atoms with Crippen molar-refractivity contribution in [3.8, 4) is 5.75 Å². The zero-order valence-corrected chi connectivity index (χ0v) is 16.1. The van der Waals surface area contributed by atoms with E-state index in [4.69, 9.17) is 39.5 Å². The van der Waals surface area contributed by atoms with Crippen LogP contribution in [0.2, 0.25) is 0 Å². The summed E-state index contributed by atoms with van der Waals surface area (Å²) in [5, 5.41) is 13.2. The molecule has 2 rings (SSSR count). The van der Waals surface area contributed by atoms with Crippen LogP contribution < -0.4 is 10.1 Å². The molecule has 0 aromatic heterocycles. The number of carbonyl (C=O) groups is 1. The molecule has 0 radical (unpaired) electrons. The molecule has 132 valence electrons. The third-order valence-corrected chi connectivity index (χ3v) is 4.07. The molecule has 1 amide bonds. The summed E-state index contributed by atoms with van der Waals surface area (Å²) >= 11 is 20.9. The van der Waals surface area contributed by atoms with Gasteiger partial charge < -0.3 is 10.1 Å².